The van der Waals surface area contributed by atoms with Gasteiger partial charge < -0.3 is 10.2 Å². The van der Waals surface area contributed by atoms with Crippen LogP contribution in [0.1, 0.15) is 23.2 Å². The van der Waals surface area contributed by atoms with E-state index in [1.54, 1.807) is 4.90 Å². The van der Waals surface area contributed by atoms with Gasteiger partial charge in [-0.1, -0.05) is 48.5 Å². The standard InChI is InChI=1S/C26H24N4O2/c31-25(20-12-7-15-30(17-20)26(32)19-10-5-2-6-11-19)27-21-13-14-23-22(16-21)24(29-28-23)18-8-3-1-4-9-18/h1-6,8-11,13-14,16,20H,7,12,15,17H2,(H,27,31)(H,28,29). The zero-order chi connectivity index (χ0) is 21.9. The molecule has 6 nitrogen and oxygen atoms in total. The summed E-state index contributed by atoms with van der Waals surface area (Å²) in [5.74, 6) is -0.305. The summed E-state index contributed by atoms with van der Waals surface area (Å²) in [7, 11) is 0. The van der Waals surface area contributed by atoms with E-state index in [1.807, 2.05) is 78.9 Å². The Morgan fingerprint density at radius 3 is 2.50 bits per heavy atom. The van der Waals surface area contributed by atoms with Crippen LogP contribution in [0.3, 0.4) is 0 Å². The lowest BCUT2D eigenvalue weighted by Gasteiger charge is -2.32. The summed E-state index contributed by atoms with van der Waals surface area (Å²) in [4.78, 5) is 27.6. The van der Waals surface area contributed by atoms with Gasteiger partial charge in [-0.15, -0.1) is 0 Å². The SMILES string of the molecule is O=C(Nc1ccc2[nH]nc(-c3ccccc3)c2c1)C1CCCN(C(=O)c2ccccc2)C1. The molecule has 6 heteroatoms. The van der Waals surface area contributed by atoms with Crippen molar-refractivity contribution in [1.82, 2.24) is 15.1 Å². The van der Waals surface area contributed by atoms with Crippen LogP contribution in [0.25, 0.3) is 22.2 Å². The van der Waals surface area contributed by atoms with Crippen LogP contribution in [0, 0.1) is 5.92 Å². The molecule has 1 atom stereocenters. The lowest BCUT2D eigenvalue weighted by molar-refractivity contribution is -0.121. The van der Waals surface area contributed by atoms with Crippen molar-refractivity contribution in [3.63, 3.8) is 0 Å². The molecular weight excluding hydrogens is 400 g/mol. The number of nitrogens with one attached hydrogen (secondary N) is 2. The van der Waals surface area contributed by atoms with Crippen molar-refractivity contribution in [1.29, 1.82) is 0 Å². The van der Waals surface area contributed by atoms with Gasteiger partial charge in [0, 0.05) is 35.3 Å². The van der Waals surface area contributed by atoms with Crippen molar-refractivity contribution in [2.24, 2.45) is 5.92 Å². The number of aromatic nitrogens is 2. The van der Waals surface area contributed by atoms with Gasteiger partial charge in [-0.2, -0.15) is 5.10 Å². The molecule has 0 saturated carbocycles. The second-order valence-electron chi connectivity index (χ2n) is 8.14. The number of carbonyl (C=O) groups is 2. The highest BCUT2D eigenvalue weighted by Gasteiger charge is 2.29. The average Bonchev–Trinajstić information content (AvgIpc) is 3.28. The molecule has 1 unspecified atom stereocenters. The van der Waals surface area contributed by atoms with Crippen molar-refractivity contribution in [3.05, 3.63) is 84.4 Å². The topological polar surface area (TPSA) is 78.1 Å². The Kier molecular flexibility index (Phi) is 5.42. The Balaban J connectivity index is 1.32. The van der Waals surface area contributed by atoms with Gasteiger partial charge in [-0.25, -0.2) is 0 Å². The molecule has 0 spiro atoms. The van der Waals surface area contributed by atoms with Gasteiger partial charge in [0.1, 0.15) is 0 Å². The van der Waals surface area contributed by atoms with Crippen molar-refractivity contribution in [3.8, 4) is 11.3 Å². The normalized spacial score (nSPS) is 16.1. The van der Waals surface area contributed by atoms with Crippen LogP contribution in [0.15, 0.2) is 78.9 Å². The summed E-state index contributed by atoms with van der Waals surface area (Å²) < 4.78 is 0. The summed E-state index contributed by atoms with van der Waals surface area (Å²) in [6, 6.07) is 25.0. The molecule has 2 N–H and O–H groups in total. The minimum atomic E-state index is -0.231. The van der Waals surface area contributed by atoms with E-state index in [1.165, 1.54) is 0 Å². The first-order valence-electron chi connectivity index (χ1n) is 10.9. The van der Waals surface area contributed by atoms with Crippen LogP contribution in [0.4, 0.5) is 5.69 Å². The van der Waals surface area contributed by atoms with E-state index < -0.39 is 0 Å². The van der Waals surface area contributed by atoms with Crippen LogP contribution in [-0.4, -0.2) is 40.0 Å². The number of carbonyl (C=O) groups excluding carboxylic acids is 2. The fourth-order valence-electron chi connectivity index (χ4n) is 4.29. The minimum Gasteiger partial charge on any atom is -0.338 e. The zero-order valence-corrected chi connectivity index (χ0v) is 17.6. The Morgan fingerprint density at radius 1 is 0.969 bits per heavy atom. The predicted molar refractivity (Wildman–Crippen MR) is 125 cm³/mol. The van der Waals surface area contributed by atoms with Crippen LogP contribution in [-0.2, 0) is 4.79 Å². The van der Waals surface area contributed by atoms with Crippen LogP contribution >= 0.6 is 0 Å². The first-order chi connectivity index (χ1) is 15.7. The van der Waals surface area contributed by atoms with E-state index in [4.69, 9.17) is 0 Å². The summed E-state index contributed by atoms with van der Waals surface area (Å²) >= 11 is 0. The molecule has 1 aliphatic heterocycles. The molecule has 3 aromatic carbocycles. The second kappa shape index (κ2) is 8.67. The molecule has 1 aromatic heterocycles. The monoisotopic (exact) mass is 424 g/mol. The zero-order valence-electron chi connectivity index (χ0n) is 17.6. The smallest absolute Gasteiger partial charge is 0.253 e. The predicted octanol–water partition coefficient (Wildman–Crippen LogP) is 4.72. The number of piperidine rings is 1. The highest BCUT2D eigenvalue weighted by atomic mass is 16.2. The lowest BCUT2D eigenvalue weighted by atomic mass is 9.96. The molecule has 1 fully saturated rings. The van der Waals surface area contributed by atoms with Gasteiger partial charge in [0.2, 0.25) is 5.91 Å². The first kappa shape index (κ1) is 20.0. The van der Waals surface area contributed by atoms with Gasteiger partial charge >= 0.3 is 0 Å². The quantitative estimate of drug-likeness (QED) is 0.498. The molecule has 0 bridgehead atoms. The molecule has 160 valence electrons. The average molecular weight is 425 g/mol. The number of fused-ring (bicyclic) bond motifs is 1. The summed E-state index contributed by atoms with van der Waals surface area (Å²) in [5, 5.41) is 11.5. The second-order valence-corrected chi connectivity index (χ2v) is 8.14. The summed E-state index contributed by atoms with van der Waals surface area (Å²) in [6.07, 6.45) is 1.59. The number of aromatic amines is 1. The van der Waals surface area contributed by atoms with E-state index in [0.717, 1.165) is 40.7 Å². The van der Waals surface area contributed by atoms with Crippen molar-refractivity contribution >= 4 is 28.4 Å². The van der Waals surface area contributed by atoms with Crippen LogP contribution < -0.4 is 5.32 Å². The molecule has 2 heterocycles. The van der Waals surface area contributed by atoms with Crippen molar-refractivity contribution < 1.29 is 9.59 Å². The first-order valence-corrected chi connectivity index (χ1v) is 10.9. The fourth-order valence-corrected chi connectivity index (χ4v) is 4.29. The van der Waals surface area contributed by atoms with Crippen molar-refractivity contribution in [2.75, 3.05) is 18.4 Å². The largest absolute Gasteiger partial charge is 0.338 e. The number of H-pyrrole nitrogens is 1. The van der Waals surface area contributed by atoms with Gasteiger partial charge in [0.05, 0.1) is 17.1 Å². The van der Waals surface area contributed by atoms with Crippen molar-refractivity contribution in [2.45, 2.75) is 12.8 Å². The molecule has 1 saturated heterocycles. The number of likely N-dealkylation sites (tertiary alicyclic amines) is 1. The van der Waals surface area contributed by atoms with Gasteiger partial charge in [0.25, 0.3) is 5.91 Å². The maximum absolute atomic E-state index is 13.0. The summed E-state index contributed by atoms with van der Waals surface area (Å²) in [5.41, 5.74) is 4.18. The third kappa shape index (κ3) is 3.99. The third-order valence-corrected chi connectivity index (χ3v) is 5.98. The number of anilines is 1. The van der Waals surface area contributed by atoms with Gasteiger partial charge in [0.15, 0.2) is 0 Å². The Bertz CT molecular complexity index is 1250. The number of amides is 2. The number of nitrogens with zero attached hydrogens (tertiary/aromatic N) is 2. The van der Waals surface area contributed by atoms with E-state index in [-0.39, 0.29) is 17.7 Å². The molecular formula is C26H24N4O2. The van der Waals surface area contributed by atoms with Crippen LogP contribution in [0.5, 0.6) is 0 Å². The Morgan fingerprint density at radius 2 is 1.72 bits per heavy atom. The Hall–Kier alpha value is -3.93. The lowest BCUT2D eigenvalue weighted by Crippen LogP contribution is -2.43. The summed E-state index contributed by atoms with van der Waals surface area (Å²) in [6.45, 7) is 1.11. The molecule has 0 aliphatic carbocycles. The highest BCUT2D eigenvalue weighted by Crippen LogP contribution is 2.29. The molecule has 32 heavy (non-hydrogen) atoms. The number of hydrogen-bond acceptors (Lipinski definition) is 3. The van der Waals surface area contributed by atoms with E-state index in [9.17, 15) is 9.59 Å². The molecule has 0 radical (unpaired) electrons. The highest BCUT2D eigenvalue weighted by molar-refractivity contribution is 5.99. The fraction of sp³-hybridized carbons (Fsp3) is 0.192. The Labute approximate surface area is 186 Å². The molecule has 1 aliphatic rings. The number of benzene rings is 3. The number of rotatable bonds is 4. The molecule has 4 aromatic rings. The van der Waals surface area contributed by atoms with Gasteiger partial charge in [-0.05, 0) is 43.2 Å². The molecule has 2 amide bonds. The third-order valence-electron chi connectivity index (χ3n) is 5.98. The van der Waals surface area contributed by atoms with E-state index in [2.05, 4.69) is 15.5 Å². The maximum atomic E-state index is 13.0. The van der Waals surface area contributed by atoms with E-state index in [0.29, 0.717) is 18.7 Å². The number of hydrogen-bond donors (Lipinski definition) is 2. The van der Waals surface area contributed by atoms with E-state index >= 15 is 0 Å². The van der Waals surface area contributed by atoms with Gasteiger partial charge in [-0.3, -0.25) is 14.7 Å². The minimum absolute atomic E-state index is 0.0181. The molecule has 5 rings (SSSR count). The van der Waals surface area contributed by atoms with Crippen LogP contribution in [0.2, 0.25) is 0 Å². The maximum Gasteiger partial charge on any atom is 0.253 e.